The number of hydrogen-bond donors (Lipinski definition) is 0. The van der Waals surface area contributed by atoms with Crippen LogP contribution in [0.25, 0.3) is 11.4 Å². The van der Waals surface area contributed by atoms with Gasteiger partial charge in [0.1, 0.15) is 6.33 Å². The molecule has 3 heteroatoms. The molecule has 3 nitrogen and oxygen atoms in total. The summed E-state index contributed by atoms with van der Waals surface area (Å²) in [6.45, 7) is 0. The van der Waals surface area contributed by atoms with Gasteiger partial charge in [-0.1, -0.05) is 55.7 Å². The van der Waals surface area contributed by atoms with Gasteiger partial charge in [-0.25, -0.2) is 9.67 Å². The molecule has 3 aromatic rings. The summed E-state index contributed by atoms with van der Waals surface area (Å²) in [6.07, 6.45) is 12.5. The van der Waals surface area contributed by atoms with Gasteiger partial charge in [0.05, 0.1) is 6.04 Å². The second-order valence-corrected chi connectivity index (χ2v) is 8.13. The molecule has 5 aliphatic rings. The summed E-state index contributed by atoms with van der Waals surface area (Å²) in [5, 5.41) is 4.65. The van der Waals surface area contributed by atoms with Gasteiger partial charge in [0, 0.05) is 5.56 Å². The molecule has 0 radical (unpaired) electrons. The standard InChI is InChI=1S/C24H27N3/c1-2-4-22(5-3-1)27-24(25-17-26-27)23-16-20-11-10-18-6-8-19(9-7-18)12-14-21(23)15-13-20/h6-9,13,15-17,22H,1-5,10-12,14H2. The molecule has 0 unspecified atom stereocenters. The molecular formula is C24H27N3. The summed E-state index contributed by atoms with van der Waals surface area (Å²) in [7, 11) is 0. The van der Waals surface area contributed by atoms with Gasteiger partial charge in [-0.05, 0) is 66.8 Å². The van der Waals surface area contributed by atoms with Crippen molar-refractivity contribution in [1.82, 2.24) is 14.8 Å². The first-order valence-corrected chi connectivity index (χ1v) is 10.5. The molecule has 5 aliphatic carbocycles. The molecule has 2 aromatic carbocycles. The van der Waals surface area contributed by atoms with Gasteiger partial charge in [-0.3, -0.25) is 0 Å². The van der Waals surface area contributed by atoms with Crippen LogP contribution in [0.4, 0.5) is 0 Å². The van der Waals surface area contributed by atoms with Crippen molar-refractivity contribution in [2.24, 2.45) is 0 Å². The number of aryl methyl sites for hydroxylation is 4. The van der Waals surface area contributed by atoms with Crippen LogP contribution in [-0.2, 0) is 25.7 Å². The van der Waals surface area contributed by atoms with E-state index >= 15 is 0 Å². The number of rotatable bonds is 2. The van der Waals surface area contributed by atoms with Crippen LogP contribution in [0.1, 0.15) is 60.4 Å². The first-order valence-electron chi connectivity index (χ1n) is 10.5. The van der Waals surface area contributed by atoms with E-state index in [1.54, 1.807) is 6.33 Å². The van der Waals surface area contributed by atoms with E-state index in [4.69, 9.17) is 4.98 Å². The number of benzene rings is 2. The summed E-state index contributed by atoms with van der Waals surface area (Å²) in [4.78, 5) is 4.73. The first-order chi connectivity index (χ1) is 13.4. The second-order valence-electron chi connectivity index (χ2n) is 8.13. The average molecular weight is 358 g/mol. The summed E-state index contributed by atoms with van der Waals surface area (Å²) < 4.78 is 2.22. The highest BCUT2D eigenvalue weighted by atomic mass is 15.3. The molecule has 0 aliphatic heterocycles. The zero-order chi connectivity index (χ0) is 18.1. The Balaban J connectivity index is 1.54. The third-order valence-electron chi connectivity index (χ3n) is 6.32. The summed E-state index contributed by atoms with van der Waals surface area (Å²) in [5.74, 6) is 1.07. The monoisotopic (exact) mass is 357 g/mol. The molecule has 0 atom stereocenters. The Morgan fingerprint density at radius 1 is 0.741 bits per heavy atom. The molecule has 4 bridgehead atoms. The minimum atomic E-state index is 0.512. The van der Waals surface area contributed by atoms with E-state index in [0.29, 0.717) is 6.04 Å². The quantitative estimate of drug-likeness (QED) is 0.620. The number of nitrogens with zero attached hydrogens (tertiary/aromatic N) is 3. The lowest BCUT2D eigenvalue weighted by Gasteiger charge is -2.24. The van der Waals surface area contributed by atoms with E-state index in [2.05, 4.69) is 52.2 Å². The molecule has 0 N–H and O–H groups in total. The van der Waals surface area contributed by atoms with Crippen LogP contribution >= 0.6 is 0 Å². The number of aromatic nitrogens is 3. The van der Waals surface area contributed by atoms with Crippen molar-refractivity contribution in [1.29, 1.82) is 0 Å². The average Bonchev–Trinajstić information content (AvgIpc) is 3.20. The third-order valence-corrected chi connectivity index (χ3v) is 6.32. The summed E-state index contributed by atoms with van der Waals surface area (Å²) in [6, 6.07) is 16.7. The maximum atomic E-state index is 4.73. The van der Waals surface area contributed by atoms with Gasteiger partial charge < -0.3 is 0 Å². The maximum Gasteiger partial charge on any atom is 0.158 e. The molecule has 27 heavy (non-hydrogen) atoms. The Hall–Kier alpha value is -2.42. The van der Waals surface area contributed by atoms with Crippen molar-refractivity contribution in [2.45, 2.75) is 63.8 Å². The van der Waals surface area contributed by atoms with E-state index in [1.807, 2.05) is 0 Å². The predicted molar refractivity (Wildman–Crippen MR) is 109 cm³/mol. The lowest BCUT2D eigenvalue weighted by Crippen LogP contribution is -2.16. The van der Waals surface area contributed by atoms with Crippen molar-refractivity contribution in [3.05, 3.63) is 71.0 Å². The largest absolute Gasteiger partial charge is 0.243 e. The Labute approximate surface area is 161 Å². The van der Waals surface area contributed by atoms with E-state index in [0.717, 1.165) is 31.5 Å². The van der Waals surface area contributed by atoms with Crippen LogP contribution in [0, 0.1) is 0 Å². The summed E-state index contributed by atoms with van der Waals surface area (Å²) >= 11 is 0. The van der Waals surface area contributed by atoms with Crippen LogP contribution in [0.2, 0.25) is 0 Å². The van der Waals surface area contributed by atoms with Crippen molar-refractivity contribution in [3.8, 4) is 11.4 Å². The molecule has 0 amide bonds. The van der Waals surface area contributed by atoms with Gasteiger partial charge in [0.15, 0.2) is 5.82 Å². The molecular weight excluding hydrogens is 330 g/mol. The van der Waals surface area contributed by atoms with E-state index in [9.17, 15) is 0 Å². The molecule has 1 heterocycles. The maximum absolute atomic E-state index is 4.73. The van der Waals surface area contributed by atoms with Crippen LogP contribution in [0.5, 0.6) is 0 Å². The van der Waals surface area contributed by atoms with E-state index in [1.165, 1.54) is 59.9 Å². The molecule has 138 valence electrons. The van der Waals surface area contributed by atoms with Crippen molar-refractivity contribution in [3.63, 3.8) is 0 Å². The highest BCUT2D eigenvalue weighted by Crippen LogP contribution is 2.33. The van der Waals surface area contributed by atoms with Crippen molar-refractivity contribution < 1.29 is 0 Å². The molecule has 1 fully saturated rings. The minimum absolute atomic E-state index is 0.512. The first kappa shape index (κ1) is 16.7. The Kier molecular flexibility index (Phi) is 4.52. The highest BCUT2D eigenvalue weighted by Gasteiger charge is 2.21. The Morgan fingerprint density at radius 3 is 2.19 bits per heavy atom. The van der Waals surface area contributed by atoms with Gasteiger partial charge in [0.25, 0.3) is 0 Å². The summed E-state index contributed by atoms with van der Waals surface area (Å²) in [5.41, 5.74) is 6.94. The molecule has 0 saturated heterocycles. The van der Waals surface area contributed by atoms with E-state index in [-0.39, 0.29) is 0 Å². The van der Waals surface area contributed by atoms with Crippen molar-refractivity contribution in [2.75, 3.05) is 0 Å². The van der Waals surface area contributed by atoms with Gasteiger partial charge in [-0.15, -0.1) is 0 Å². The molecule has 1 saturated carbocycles. The SMILES string of the molecule is c1nc(-c2cc3ccc2CCc2ccc(cc2)CC3)n(C2CCCCC2)n1. The Bertz CT molecular complexity index is 917. The number of hydrogen-bond acceptors (Lipinski definition) is 2. The zero-order valence-corrected chi connectivity index (χ0v) is 15.9. The van der Waals surface area contributed by atoms with Crippen LogP contribution in [-0.4, -0.2) is 14.8 Å². The van der Waals surface area contributed by atoms with Crippen LogP contribution < -0.4 is 0 Å². The molecule has 1 aromatic heterocycles. The normalized spacial score (nSPS) is 17.6. The van der Waals surface area contributed by atoms with Crippen molar-refractivity contribution >= 4 is 0 Å². The molecule has 8 rings (SSSR count). The fraction of sp³-hybridized carbons (Fsp3) is 0.417. The van der Waals surface area contributed by atoms with E-state index < -0.39 is 0 Å². The smallest absolute Gasteiger partial charge is 0.158 e. The van der Waals surface area contributed by atoms with Gasteiger partial charge in [0.2, 0.25) is 0 Å². The van der Waals surface area contributed by atoms with Crippen LogP contribution in [0.3, 0.4) is 0 Å². The lowest BCUT2D eigenvalue weighted by molar-refractivity contribution is 0.331. The van der Waals surface area contributed by atoms with Gasteiger partial charge >= 0.3 is 0 Å². The predicted octanol–water partition coefficient (Wildman–Crippen LogP) is 5.33. The van der Waals surface area contributed by atoms with Gasteiger partial charge in [-0.2, -0.15) is 5.10 Å². The Morgan fingerprint density at radius 2 is 1.41 bits per heavy atom. The topological polar surface area (TPSA) is 30.7 Å². The van der Waals surface area contributed by atoms with Crippen LogP contribution in [0.15, 0.2) is 48.8 Å². The second kappa shape index (κ2) is 7.30. The third kappa shape index (κ3) is 3.43. The molecule has 0 spiro atoms. The fourth-order valence-electron chi connectivity index (χ4n) is 4.68. The lowest BCUT2D eigenvalue weighted by atomic mass is 9.92. The highest BCUT2D eigenvalue weighted by molar-refractivity contribution is 5.62. The zero-order valence-electron chi connectivity index (χ0n) is 15.9. The fourth-order valence-corrected chi connectivity index (χ4v) is 4.68. The minimum Gasteiger partial charge on any atom is -0.243 e.